The Labute approximate surface area is 287 Å². The second kappa shape index (κ2) is 15.4. The first-order valence-corrected chi connectivity index (χ1v) is 17.1. The molecule has 48 heavy (non-hydrogen) atoms. The average molecular weight is 621 g/mol. The summed E-state index contributed by atoms with van der Waals surface area (Å²) in [6.07, 6.45) is 24.0. The molecule has 0 aliphatic heterocycles. The van der Waals surface area contributed by atoms with Gasteiger partial charge in [-0.3, -0.25) is 0 Å². The SMILES string of the molecule is C=C/C=C(\C=C)c1c(C2=CCCC=C2)cccc1-c1ccc(C(=C(/C)C2=CCCC=C2)/C(=C(\C)c2ccccc2)c2ccccc2)cc1. The van der Waals surface area contributed by atoms with Crippen LogP contribution in [0.5, 0.6) is 0 Å². The first-order chi connectivity index (χ1) is 23.6. The minimum absolute atomic E-state index is 1.05. The molecule has 0 saturated carbocycles. The molecule has 0 atom stereocenters. The van der Waals surface area contributed by atoms with Crippen molar-refractivity contribution in [3.8, 4) is 11.1 Å². The van der Waals surface area contributed by atoms with Gasteiger partial charge in [0.05, 0.1) is 0 Å². The van der Waals surface area contributed by atoms with Gasteiger partial charge in [0, 0.05) is 0 Å². The smallest absolute Gasteiger partial charge is 0.00272 e. The molecular formula is C48H44. The van der Waals surface area contributed by atoms with Crippen LogP contribution in [0.3, 0.4) is 0 Å². The summed E-state index contributed by atoms with van der Waals surface area (Å²) in [5.41, 5.74) is 17.1. The van der Waals surface area contributed by atoms with Crippen LogP contribution in [-0.2, 0) is 0 Å². The summed E-state index contributed by atoms with van der Waals surface area (Å²) in [6, 6.07) is 37.5. The lowest BCUT2D eigenvalue weighted by Gasteiger charge is -2.23. The average Bonchev–Trinajstić information content (AvgIpc) is 3.16. The topological polar surface area (TPSA) is 0 Å². The first kappa shape index (κ1) is 32.5. The van der Waals surface area contributed by atoms with Gasteiger partial charge in [-0.25, -0.2) is 0 Å². The van der Waals surface area contributed by atoms with Crippen molar-refractivity contribution in [1.29, 1.82) is 0 Å². The zero-order valence-corrected chi connectivity index (χ0v) is 28.3. The van der Waals surface area contributed by atoms with Crippen molar-refractivity contribution in [3.63, 3.8) is 0 Å². The maximum absolute atomic E-state index is 4.19. The molecule has 0 fully saturated rings. The number of hydrogen-bond donors (Lipinski definition) is 0. The van der Waals surface area contributed by atoms with Crippen molar-refractivity contribution in [2.45, 2.75) is 39.5 Å². The molecule has 4 aromatic carbocycles. The standard InChI is InChI=1S/C48H44/c1-5-20-37(6-2)48-44(40-25-15-9-16-26-40)29-19-30-45(48)41-31-33-43(34-32-41)47(36(4)39-23-13-8-14-24-39)46(42-27-17-10-18-28-42)35(3)38-21-11-7-12-22-38/h5-7,10-13,15,17-34H,1-2,8-9,14,16H2,3-4H3/b37-20+,46-35+,47-36+. The van der Waals surface area contributed by atoms with E-state index >= 15 is 0 Å². The second-order valence-electron chi connectivity index (χ2n) is 12.4. The fourth-order valence-corrected chi connectivity index (χ4v) is 6.92. The predicted molar refractivity (Wildman–Crippen MR) is 211 cm³/mol. The lowest BCUT2D eigenvalue weighted by molar-refractivity contribution is 1.02. The van der Waals surface area contributed by atoms with Gasteiger partial charge in [0.15, 0.2) is 0 Å². The van der Waals surface area contributed by atoms with Gasteiger partial charge in [-0.05, 0) is 117 Å². The maximum Gasteiger partial charge on any atom is -0.00272 e. The number of hydrogen-bond acceptors (Lipinski definition) is 0. The summed E-state index contributed by atoms with van der Waals surface area (Å²) >= 11 is 0. The fraction of sp³-hybridized carbons (Fsp3) is 0.125. The molecule has 2 aliphatic rings. The Balaban J connectivity index is 1.57. The lowest BCUT2D eigenvalue weighted by atomic mass is 9.81. The molecule has 0 nitrogen and oxygen atoms in total. The van der Waals surface area contributed by atoms with Crippen molar-refractivity contribution in [2.75, 3.05) is 0 Å². The Morgan fingerprint density at radius 2 is 1.17 bits per heavy atom. The van der Waals surface area contributed by atoms with Gasteiger partial charge in [0.25, 0.3) is 0 Å². The van der Waals surface area contributed by atoms with Crippen molar-refractivity contribution in [1.82, 2.24) is 0 Å². The van der Waals surface area contributed by atoms with Crippen LogP contribution in [0.15, 0.2) is 182 Å². The fourth-order valence-electron chi connectivity index (χ4n) is 6.92. The zero-order chi connectivity index (χ0) is 33.3. The van der Waals surface area contributed by atoms with E-state index in [1.807, 2.05) is 12.2 Å². The third kappa shape index (κ3) is 6.94. The summed E-state index contributed by atoms with van der Waals surface area (Å²) in [5.74, 6) is 0. The van der Waals surface area contributed by atoms with Gasteiger partial charge in [-0.15, -0.1) is 0 Å². The Morgan fingerprint density at radius 3 is 1.77 bits per heavy atom. The summed E-state index contributed by atoms with van der Waals surface area (Å²) < 4.78 is 0. The normalized spacial score (nSPS) is 15.6. The van der Waals surface area contributed by atoms with E-state index in [0.717, 1.165) is 31.3 Å². The molecule has 0 unspecified atom stereocenters. The van der Waals surface area contributed by atoms with E-state index in [4.69, 9.17) is 0 Å². The molecule has 0 heteroatoms. The van der Waals surface area contributed by atoms with Crippen LogP contribution >= 0.6 is 0 Å². The first-order valence-electron chi connectivity index (χ1n) is 17.1. The van der Waals surface area contributed by atoms with Crippen LogP contribution in [0, 0.1) is 0 Å². The van der Waals surface area contributed by atoms with Crippen LogP contribution in [0.2, 0.25) is 0 Å². The van der Waals surface area contributed by atoms with Crippen molar-refractivity contribution in [2.24, 2.45) is 0 Å². The minimum Gasteiger partial charge on any atom is -0.0990 e. The van der Waals surface area contributed by atoms with E-state index in [1.165, 1.54) is 72.4 Å². The Morgan fingerprint density at radius 1 is 0.562 bits per heavy atom. The molecule has 6 rings (SSSR count). The third-order valence-electron chi connectivity index (χ3n) is 9.36. The molecule has 0 radical (unpaired) electrons. The molecule has 0 N–H and O–H groups in total. The maximum atomic E-state index is 4.19. The van der Waals surface area contributed by atoms with Crippen LogP contribution in [0.4, 0.5) is 0 Å². The largest absolute Gasteiger partial charge is 0.0990 e. The van der Waals surface area contributed by atoms with Crippen molar-refractivity contribution >= 4 is 27.9 Å². The predicted octanol–water partition coefficient (Wildman–Crippen LogP) is 13.5. The van der Waals surface area contributed by atoms with E-state index in [1.54, 1.807) is 0 Å². The van der Waals surface area contributed by atoms with Gasteiger partial charge in [-0.2, -0.15) is 0 Å². The summed E-state index contributed by atoms with van der Waals surface area (Å²) in [6.45, 7) is 12.8. The number of rotatable bonds is 10. The molecule has 2 aliphatic carbocycles. The van der Waals surface area contributed by atoms with E-state index < -0.39 is 0 Å². The zero-order valence-electron chi connectivity index (χ0n) is 28.3. The molecule has 0 spiro atoms. The van der Waals surface area contributed by atoms with Gasteiger partial charge >= 0.3 is 0 Å². The summed E-state index contributed by atoms with van der Waals surface area (Å²) in [5, 5.41) is 0. The molecule has 0 amide bonds. The van der Waals surface area contributed by atoms with Gasteiger partial charge < -0.3 is 0 Å². The molecule has 236 valence electrons. The van der Waals surface area contributed by atoms with Crippen LogP contribution in [0.25, 0.3) is 39.0 Å². The molecular weight excluding hydrogens is 577 g/mol. The minimum atomic E-state index is 1.05. The quantitative estimate of drug-likeness (QED) is 0.122. The monoisotopic (exact) mass is 620 g/mol. The Hall–Kier alpha value is -5.46. The van der Waals surface area contributed by atoms with Crippen LogP contribution < -0.4 is 0 Å². The lowest BCUT2D eigenvalue weighted by Crippen LogP contribution is -2.01. The molecule has 0 bridgehead atoms. The second-order valence-corrected chi connectivity index (χ2v) is 12.4. The summed E-state index contributed by atoms with van der Waals surface area (Å²) in [7, 11) is 0. The Kier molecular flexibility index (Phi) is 10.4. The van der Waals surface area contributed by atoms with Crippen molar-refractivity contribution < 1.29 is 0 Å². The van der Waals surface area contributed by atoms with Crippen molar-refractivity contribution in [3.05, 3.63) is 210 Å². The molecule has 4 aromatic rings. The van der Waals surface area contributed by atoms with E-state index in [0.29, 0.717) is 0 Å². The highest BCUT2D eigenvalue weighted by Gasteiger charge is 2.21. The van der Waals surface area contributed by atoms with E-state index in [-0.39, 0.29) is 0 Å². The van der Waals surface area contributed by atoms with Crippen LogP contribution in [0.1, 0.15) is 67.3 Å². The van der Waals surface area contributed by atoms with Crippen LogP contribution in [-0.4, -0.2) is 0 Å². The highest BCUT2D eigenvalue weighted by Crippen LogP contribution is 2.43. The van der Waals surface area contributed by atoms with Gasteiger partial charge in [0.1, 0.15) is 0 Å². The summed E-state index contributed by atoms with van der Waals surface area (Å²) in [4.78, 5) is 0. The Bertz CT molecular complexity index is 2010. The van der Waals surface area contributed by atoms with E-state index in [9.17, 15) is 0 Å². The van der Waals surface area contributed by atoms with Gasteiger partial charge in [-0.1, -0.05) is 171 Å². The van der Waals surface area contributed by atoms with E-state index in [2.05, 4.69) is 173 Å². The molecule has 0 aromatic heterocycles. The highest BCUT2D eigenvalue weighted by atomic mass is 14.2. The third-order valence-corrected chi connectivity index (χ3v) is 9.36. The highest BCUT2D eigenvalue weighted by molar-refractivity contribution is 6.16. The molecule has 0 heterocycles. The number of allylic oxidation sites excluding steroid dienone is 16. The van der Waals surface area contributed by atoms with Gasteiger partial charge in [0.2, 0.25) is 0 Å². The molecule has 0 saturated heterocycles. The number of benzene rings is 4.